The number of rotatable bonds is 5. The van der Waals surface area contributed by atoms with Crippen molar-refractivity contribution in [3.05, 3.63) is 35.6 Å². The second kappa shape index (κ2) is 6.86. The topological polar surface area (TPSA) is 67.1 Å². The van der Waals surface area contributed by atoms with Gasteiger partial charge in [0.1, 0.15) is 23.6 Å². The number of aromatic nitrogens is 3. The van der Waals surface area contributed by atoms with E-state index < -0.39 is 11.9 Å². The molecule has 2 aromatic heterocycles. The molecule has 140 valence electrons. The van der Waals surface area contributed by atoms with Crippen LogP contribution in [0.15, 0.2) is 23.0 Å². The van der Waals surface area contributed by atoms with Crippen LogP contribution in [0.2, 0.25) is 0 Å². The number of hydrogen-bond donors (Lipinski definition) is 1. The van der Waals surface area contributed by atoms with Gasteiger partial charge in [0.2, 0.25) is 0 Å². The van der Waals surface area contributed by atoms with Gasteiger partial charge in [0.05, 0.1) is 5.69 Å². The lowest BCUT2D eigenvalue weighted by molar-refractivity contribution is -0.141. The predicted molar refractivity (Wildman–Crippen MR) is 87.4 cm³/mol. The van der Waals surface area contributed by atoms with Crippen LogP contribution in [0.1, 0.15) is 48.7 Å². The minimum Gasteiger partial charge on any atom is -0.367 e. The van der Waals surface area contributed by atoms with Crippen LogP contribution in [0.5, 0.6) is 0 Å². The largest absolute Gasteiger partial charge is 0.433 e. The highest BCUT2D eigenvalue weighted by molar-refractivity contribution is 5.36. The Morgan fingerprint density at radius 3 is 2.58 bits per heavy atom. The zero-order valence-electron chi connectivity index (χ0n) is 14.2. The highest BCUT2D eigenvalue weighted by Gasteiger charge is 2.33. The molecule has 26 heavy (non-hydrogen) atoms. The second-order valence-corrected chi connectivity index (χ2v) is 6.98. The first-order valence-electron chi connectivity index (χ1n) is 8.81. The van der Waals surface area contributed by atoms with Gasteiger partial charge in [-0.2, -0.15) is 13.2 Å². The van der Waals surface area contributed by atoms with Gasteiger partial charge in [-0.3, -0.25) is 4.90 Å². The van der Waals surface area contributed by atoms with E-state index in [0.717, 1.165) is 56.3 Å². The van der Waals surface area contributed by atoms with Crippen molar-refractivity contribution in [2.75, 3.05) is 18.4 Å². The average molecular weight is 367 g/mol. The van der Waals surface area contributed by atoms with Crippen LogP contribution < -0.4 is 5.32 Å². The first-order valence-corrected chi connectivity index (χ1v) is 8.81. The maximum absolute atomic E-state index is 12.7. The normalized spacial score (nSPS) is 19.7. The third-order valence-corrected chi connectivity index (χ3v) is 4.84. The Morgan fingerprint density at radius 2 is 1.88 bits per heavy atom. The molecule has 0 radical (unpaired) electrons. The van der Waals surface area contributed by atoms with Gasteiger partial charge in [-0.05, 0) is 25.7 Å². The maximum atomic E-state index is 12.7. The second-order valence-electron chi connectivity index (χ2n) is 6.98. The summed E-state index contributed by atoms with van der Waals surface area (Å²) in [5.74, 6) is 1.76. The molecule has 1 aliphatic carbocycles. The van der Waals surface area contributed by atoms with E-state index in [1.54, 1.807) is 0 Å². The molecule has 4 rings (SSSR count). The van der Waals surface area contributed by atoms with Crippen molar-refractivity contribution in [3.8, 4) is 0 Å². The molecule has 1 saturated heterocycles. The van der Waals surface area contributed by atoms with Gasteiger partial charge < -0.3 is 9.84 Å². The Bertz CT molecular complexity index is 751. The van der Waals surface area contributed by atoms with E-state index >= 15 is 0 Å². The van der Waals surface area contributed by atoms with Crippen LogP contribution in [0.25, 0.3) is 0 Å². The summed E-state index contributed by atoms with van der Waals surface area (Å²) < 4.78 is 43.5. The lowest BCUT2D eigenvalue weighted by Crippen LogP contribution is -2.38. The molecule has 1 aliphatic heterocycles. The molecule has 0 bridgehead atoms. The first kappa shape index (κ1) is 17.3. The van der Waals surface area contributed by atoms with Crippen molar-refractivity contribution in [1.29, 1.82) is 0 Å². The van der Waals surface area contributed by atoms with Crippen molar-refractivity contribution in [3.63, 3.8) is 0 Å². The molecule has 0 amide bonds. The Hall–Kier alpha value is -2.16. The van der Waals surface area contributed by atoms with E-state index in [1.165, 1.54) is 12.8 Å². The number of halogens is 3. The summed E-state index contributed by atoms with van der Waals surface area (Å²) in [4.78, 5) is 9.47. The fraction of sp³-hybridized carbons (Fsp3) is 0.588. The number of piperidine rings is 1. The first-order chi connectivity index (χ1) is 12.5. The summed E-state index contributed by atoms with van der Waals surface area (Å²) >= 11 is 0. The number of anilines is 1. The molecule has 2 fully saturated rings. The van der Waals surface area contributed by atoms with Crippen molar-refractivity contribution >= 4 is 5.82 Å². The van der Waals surface area contributed by atoms with Gasteiger partial charge >= 0.3 is 6.18 Å². The lowest BCUT2D eigenvalue weighted by Gasteiger charge is -2.32. The number of nitrogens with one attached hydrogen (secondary N) is 1. The van der Waals surface area contributed by atoms with Crippen molar-refractivity contribution in [1.82, 2.24) is 20.0 Å². The number of nitrogens with zero attached hydrogens (tertiary/aromatic N) is 4. The van der Waals surface area contributed by atoms with Gasteiger partial charge in [-0.15, -0.1) is 0 Å². The Kier molecular flexibility index (Phi) is 4.56. The van der Waals surface area contributed by atoms with E-state index in [0.29, 0.717) is 5.92 Å². The van der Waals surface area contributed by atoms with Crippen LogP contribution in [-0.4, -0.2) is 39.2 Å². The highest BCUT2D eigenvalue weighted by Crippen LogP contribution is 2.40. The zero-order chi connectivity index (χ0) is 18.1. The molecule has 3 heterocycles. The van der Waals surface area contributed by atoms with Crippen molar-refractivity contribution in [2.45, 2.75) is 50.4 Å². The van der Waals surface area contributed by atoms with Crippen LogP contribution in [-0.2, 0) is 12.7 Å². The summed E-state index contributed by atoms with van der Waals surface area (Å²) in [6.07, 6.45) is 0.523. The molecular weight excluding hydrogens is 347 g/mol. The van der Waals surface area contributed by atoms with Crippen LogP contribution >= 0.6 is 0 Å². The molecule has 9 heteroatoms. The number of alkyl halides is 3. The van der Waals surface area contributed by atoms with Gasteiger partial charge in [-0.25, -0.2) is 9.97 Å². The molecular formula is C17H20F3N5O. The molecule has 1 saturated carbocycles. The van der Waals surface area contributed by atoms with Crippen LogP contribution in [0.3, 0.4) is 0 Å². The highest BCUT2D eigenvalue weighted by atomic mass is 19.4. The smallest absolute Gasteiger partial charge is 0.367 e. The number of likely N-dealkylation sites (tertiary alicyclic amines) is 1. The molecule has 0 unspecified atom stereocenters. The summed E-state index contributed by atoms with van der Waals surface area (Å²) in [6, 6.07) is 3.10. The zero-order valence-corrected chi connectivity index (χ0v) is 14.2. The minimum absolute atomic E-state index is 0.0987. The van der Waals surface area contributed by atoms with Gasteiger partial charge in [0, 0.05) is 43.7 Å². The minimum atomic E-state index is -4.46. The quantitative estimate of drug-likeness (QED) is 0.873. The summed E-state index contributed by atoms with van der Waals surface area (Å²) in [7, 11) is 0. The molecule has 0 spiro atoms. The SMILES string of the molecule is FC(F)(F)c1cc(NC2CCN(Cc3cc(C4CC4)on3)CC2)ncn1. The van der Waals surface area contributed by atoms with E-state index in [2.05, 4.69) is 25.3 Å². The van der Waals surface area contributed by atoms with Gasteiger partial charge in [-0.1, -0.05) is 5.16 Å². The standard InChI is InChI=1S/C17H20F3N5O/c18-17(19,20)15-8-16(22-10-21-15)23-12-3-5-25(6-4-12)9-13-7-14(26-24-13)11-1-2-11/h7-8,10-12H,1-6,9H2,(H,21,22,23). The fourth-order valence-corrected chi connectivity index (χ4v) is 3.23. The molecule has 0 atom stereocenters. The third kappa shape index (κ3) is 4.14. The Morgan fingerprint density at radius 1 is 1.12 bits per heavy atom. The molecule has 1 N–H and O–H groups in total. The molecule has 2 aromatic rings. The van der Waals surface area contributed by atoms with Crippen molar-refractivity contribution in [2.24, 2.45) is 0 Å². The predicted octanol–water partition coefficient (Wildman–Crippen LogP) is 3.44. The lowest BCUT2D eigenvalue weighted by atomic mass is 10.0. The van der Waals surface area contributed by atoms with E-state index in [-0.39, 0.29) is 11.9 Å². The number of hydrogen-bond acceptors (Lipinski definition) is 6. The molecule has 2 aliphatic rings. The molecule has 0 aromatic carbocycles. The van der Waals surface area contributed by atoms with E-state index in [4.69, 9.17) is 4.52 Å². The Balaban J connectivity index is 1.28. The van der Waals surface area contributed by atoms with Gasteiger partial charge in [0.15, 0.2) is 0 Å². The van der Waals surface area contributed by atoms with Crippen LogP contribution in [0, 0.1) is 0 Å². The fourth-order valence-electron chi connectivity index (χ4n) is 3.23. The van der Waals surface area contributed by atoms with Gasteiger partial charge in [0.25, 0.3) is 0 Å². The van der Waals surface area contributed by atoms with Crippen molar-refractivity contribution < 1.29 is 17.7 Å². The Labute approximate surface area is 148 Å². The third-order valence-electron chi connectivity index (χ3n) is 4.84. The summed E-state index contributed by atoms with van der Waals surface area (Å²) in [5, 5.41) is 7.23. The van der Waals surface area contributed by atoms with E-state index in [9.17, 15) is 13.2 Å². The van der Waals surface area contributed by atoms with E-state index in [1.807, 2.05) is 6.07 Å². The summed E-state index contributed by atoms with van der Waals surface area (Å²) in [5.41, 5.74) is 0.0221. The molecule has 6 nitrogen and oxygen atoms in total. The average Bonchev–Trinajstić information content (AvgIpc) is 3.36. The monoisotopic (exact) mass is 367 g/mol. The maximum Gasteiger partial charge on any atom is 0.433 e. The summed E-state index contributed by atoms with van der Waals surface area (Å²) in [6.45, 7) is 2.44. The van der Waals surface area contributed by atoms with Crippen LogP contribution in [0.4, 0.5) is 19.0 Å².